The molecule has 0 saturated carbocycles. The van der Waals surface area contributed by atoms with Crippen LogP contribution in [0.3, 0.4) is 0 Å². The molecule has 1 atom stereocenters. The zero-order valence-corrected chi connectivity index (χ0v) is 14.1. The lowest BCUT2D eigenvalue weighted by Gasteiger charge is -2.15. The van der Waals surface area contributed by atoms with E-state index in [4.69, 9.17) is 23.2 Å². The van der Waals surface area contributed by atoms with Crippen molar-refractivity contribution in [2.45, 2.75) is 26.3 Å². The highest BCUT2D eigenvalue weighted by molar-refractivity contribution is 7.20. The van der Waals surface area contributed by atoms with Crippen molar-refractivity contribution in [3.05, 3.63) is 44.6 Å². The second-order valence-corrected chi connectivity index (χ2v) is 6.91. The van der Waals surface area contributed by atoms with Crippen LogP contribution in [0.4, 0.5) is 11.4 Å². The van der Waals surface area contributed by atoms with Gasteiger partial charge < -0.3 is 10.6 Å². The van der Waals surface area contributed by atoms with Crippen molar-refractivity contribution in [1.82, 2.24) is 0 Å². The van der Waals surface area contributed by atoms with Gasteiger partial charge in [-0.1, -0.05) is 36.2 Å². The Balaban J connectivity index is 2.10. The lowest BCUT2D eigenvalue weighted by Crippen LogP contribution is -2.10. The van der Waals surface area contributed by atoms with Crippen LogP contribution in [-0.4, -0.2) is 5.91 Å². The number of anilines is 2. The average molecular weight is 343 g/mol. The SMILES string of the molecule is CCC(=O)Nc1cccc(NC(C)c2cc(Cl)sc2Cl)c1. The van der Waals surface area contributed by atoms with E-state index in [1.54, 1.807) is 0 Å². The van der Waals surface area contributed by atoms with Crippen molar-refractivity contribution in [2.75, 3.05) is 10.6 Å². The van der Waals surface area contributed by atoms with Gasteiger partial charge in [-0.2, -0.15) is 0 Å². The summed E-state index contributed by atoms with van der Waals surface area (Å²) in [4.78, 5) is 11.4. The van der Waals surface area contributed by atoms with Gasteiger partial charge in [0.1, 0.15) is 0 Å². The van der Waals surface area contributed by atoms with Gasteiger partial charge in [0.05, 0.1) is 14.7 Å². The topological polar surface area (TPSA) is 41.1 Å². The number of hydrogen-bond donors (Lipinski definition) is 2. The standard InChI is InChI=1S/C15H16Cl2N2OS/c1-3-14(20)19-11-6-4-5-10(7-11)18-9(2)12-8-13(16)21-15(12)17/h4-9,18H,3H2,1-2H3,(H,19,20). The van der Waals surface area contributed by atoms with Crippen LogP contribution in [0.15, 0.2) is 30.3 Å². The molecule has 2 aromatic rings. The summed E-state index contributed by atoms with van der Waals surface area (Å²) in [5, 5.41) is 6.19. The van der Waals surface area contributed by atoms with Gasteiger partial charge in [-0.05, 0) is 31.2 Å². The fourth-order valence-corrected chi connectivity index (χ4v) is 3.56. The van der Waals surface area contributed by atoms with Gasteiger partial charge >= 0.3 is 0 Å². The predicted octanol–water partition coefficient (Wildman–Crippen LogP) is 5.58. The molecule has 3 nitrogen and oxygen atoms in total. The second-order valence-electron chi connectivity index (χ2n) is 4.63. The van der Waals surface area contributed by atoms with Crippen LogP contribution in [0.1, 0.15) is 31.9 Å². The number of nitrogens with one attached hydrogen (secondary N) is 2. The Kier molecular flexibility index (Phi) is 5.51. The Morgan fingerprint density at radius 3 is 2.62 bits per heavy atom. The van der Waals surface area contributed by atoms with Crippen LogP contribution < -0.4 is 10.6 Å². The molecule has 1 amide bonds. The Morgan fingerprint density at radius 2 is 2.00 bits per heavy atom. The number of carbonyl (C=O) groups is 1. The summed E-state index contributed by atoms with van der Waals surface area (Å²) in [6.45, 7) is 3.84. The van der Waals surface area contributed by atoms with Gasteiger partial charge in [0, 0.05) is 23.4 Å². The summed E-state index contributed by atoms with van der Waals surface area (Å²) in [5.74, 6) is -0.00661. The number of hydrogen-bond acceptors (Lipinski definition) is 3. The maximum absolute atomic E-state index is 11.4. The van der Waals surface area contributed by atoms with E-state index in [2.05, 4.69) is 10.6 Å². The summed E-state index contributed by atoms with van der Waals surface area (Å²) in [6, 6.07) is 9.49. The predicted molar refractivity (Wildman–Crippen MR) is 91.7 cm³/mol. The molecule has 1 aromatic heterocycles. The lowest BCUT2D eigenvalue weighted by atomic mass is 10.1. The van der Waals surface area contributed by atoms with Gasteiger partial charge in [-0.25, -0.2) is 0 Å². The van der Waals surface area contributed by atoms with Crippen molar-refractivity contribution in [1.29, 1.82) is 0 Å². The molecule has 1 heterocycles. The quantitative estimate of drug-likeness (QED) is 0.744. The minimum Gasteiger partial charge on any atom is -0.378 e. The van der Waals surface area contributed by atoms with Gasteiger partial charge in [-0.3, -0.25) is 4.79 Å². The number of halogens is 2. The second kappa shape index (κ2) is 7.16. The summed E-state index contributed by atoms with van der Waals surface area (Å²) >= 11 is 13.5. The zero-order chi connectivity index (χ0) is 15.4. The highest BCUT2D eigenvalue weighted by atomic mass is 35.5. The first-order valence-corrected chi connectivity index (χ1v) is 8.18. The van der Waals surface area contributed by atoms with Gasteiger partial charge in [0.2, 0.25) is 5.91 Å². The first-order chi connectivity index (χ1) is 9.99. The van der Waals surface area contributed by atoms with E-state index in [0.717, 1.165) is 16.9 Å². The maximum Gasteiger partial charge on any atom is 0.224 e. The first kappa shape index (κ1) is 16.1. The van der Waals surface area contributed by atoms with E-state index in [1.807, 2.05) is 44.2 Å². The summed E-state index contributed by atoms with van der Waals surface area (Å²) in [5.41, 5.74) is 2.65. The van der Waals surface area contributed by atoms with E-state index in [-0.39, 0.29) is 11.9 Å². The van der Waals surface area contributed by atoms with E-state index in [1.165, 1.54) is 11.3 Å². The van der Waals surface area contributed by atoms with Crippen molar-refractivity contribution >= 4 is 51.8 Å². The van der Waals surface area contributed by atoms with E-state index in [0.29, 0.717) is 15.1 Å². The molecule has 2 N–H and O–H groups in total. The lowest BCUT2D eigenvalue weighted by molar-refractivity contribution is -0.115. The summed E-state index contributed by atoms with van der Waals surface area (Å²) in [7, 11) is 0. The summed E-state index contributed by atoms with van der Waals surface area (Å²) in [6.07, 6.45) is 0.455. The van der Waals surface area contributed by atoms with Crippen molar-refractivity contribution in [3.63, 3.8) is 0 Å². The van der Waals surface area contributed by atoms with Crippen molar-refractivity contribution in [3.8, 4) is 0 Å². The molecule has 0 saturated heterocycles. The van der Waals surface area contributed by atoms with Crippen molar-refractivity contribution in [2.24, 2.45) is 0 Å². The fourth-order valence-electron chi connectivity index (χ4n) is 1.91. The Bertz CT molecular complexity index is 642. The van der Waals surface area contributed by atoms with Gasteiger partial charge in [0.25, 0.3) is 0 Å². The van der Waals surface area contributed by atoms with E-state index < -0.39 is 0 Å². The highest BCUT2D eigenvalue weighted by Gasteiger charge is 2.13. The molecule has 6 heteroatoms. The van der Waals surface area contributed by atoms with Crippen LogP contribution >= 0.6 is 34.5 Å². The minimum atomic E-state index is -0.00661. The number of carbonyl (C=O) groups excluding carboxylic acids is 1. The van der Waals surface area contributed by atoms with Crippen LogP contribution in [0.2, 0.25) is 8.67 Å². The number of rotatable bonds is 5. The Labute approximate surface area is 138 Å². The Hall–Kier alpha value is -1.23. The molecule has 0 spiro atoms. The van der Waals surface area contributed by atoms with Gasteiger partial charge in [0.15, 0.2) is 0 Å². The molecule has 21 heavy (non-hydrogen) atoms. The van der Waals surface area contributed by atoms with Crippen LogP contribution in [-0.2, 0) is 4.79 Å². The third kappa shape index (κ3) is 4.37. The fraction of sp³-hybridized carbons (Fsp3) is 0.267. The Morgan fingerprint density at radius 1 is 1.29 bits per heavy atom. The molecule has 0 radical (unpaired) electrons. The van der Waals surface area contributed by atoms with Crippen LogP contribution in [0, 0.1) is 0 Å². The average Bonchev–Trinajstić information content (AvgIpc) is 2.78. The smallest absolute Gasteiger partial charge is 0.224 e. The number of thiophene rings is 1. The van der Waals surface area contributed by atoms with E-state index in [9.17, 15) is 4.79 Å². The molecule has 2 rings (SSSR count). The van der Waals surface area contributed by atoms with Crippen LogP contribution in [0.25, 0.3) is 0 Å². The zero-order valence-electron chi connectivity index (χ0n) is 11.7. The monoisotopic (exact) mass is 342 g/mol. The largest absolute Gasteiger partial charge is 0.378 e. The molecule has 0 bridgehead atoms. The molecular formula is C15H16Cl2N2OS. The summed E-state index contributed by atoms with van der Waals surface area (Å²) < 4.78 is 1.36. The molecular weight excluding hydrogens is 327 g/mol. The number of amides is 1. The minimum absolute atomic E-state index is 0.00661. The molecule has 0 aliphatic heterocycles. The molecule has 1 aromatic carbocycles. The third-order valence-corrected chi connectivity index (χ3v) is 4.52. The molecule has 0 fully saturated rings. The van der Waals surface area contributed by atoms with Gasteiger partial charge in [-0.15, -0.1) is 11.3 Å². The van der Waals surface area contributed by atoms with Crippen molar-refractivity contribution < 1.29 is 4.79 Å². The molecule has 0 aliphatic rings. The normalized spacial score (nSPS) is 12.0. The van der Waals surface area contributed by atoms with Crippen LogP contribution in [0.5, 0.6) is 0 Å². The molecule has 1 unspecified atom stereocenters. The third-order valence-electron chi connectivity index (χ3n) is 3.00. The maximum atomic E-state index is 11.4. The van der Waals surface area contributed by atoms with E-state index >= 15 is 0 Å². The molecule has 0 aliphatic carbocycles. The highest BCUT2D eigenvalue weighted by Crippen LogP contribution is 2.36. The number of benzene rings is 1. The molecule has 112 valence electrons. The first-order valence-electron chi connectivity index (χ1n) is 6.60.